The van der Waals surface area contributed by atoms with E-state index < -0.39 is 0 Å². The second kappa shape index (κ2) is 6.17. The van der Waals surface area contributed by atoms with Crippen LogP contribution in [-0.2, 0) is 4.74 Å². The van der Waals surface area contributed by atoms with E-state index in [4.69, 9.17) is 4.74 Å². The van der Waals surface area contributed by atoms with Crippen LogP contribution in [0.25, 0.3) is 0 Å². The van der Waals surface area contributed by atoms with E-state index in [1.165, 1.54) is 32.1 Å². The summed E-state index contributed by atoms with van der Waals surface area (Å²) in [7, 11) is 1.83. The van der Waals surface area contributed by atoms with Crippen molar-refractivity contribution in [1.29, 1.82) is 0 Å². The van der Waals surface area contributed by atoms with E-state index in [9.17, 15) is 0 Å². The highest BCUT2D eigenvalue weighted by Crippen LogP contribution is 2.28. The number of rotatable bonds is 7. The molecule has 0 aromatic carbocycles. The number of hydrogen-bond donors (Lipinski definition) is 1. The maximum absolute atomic E-state index is 5.43. The van der Waals surface area contributed by atoms with Gasteiger partial charge >= 0.3 is 0 Å². The lowest BCUT2D eigenvalue weighted by atomic mass is 10.1. The molecule has 17 heavy (non-hydrogen) atoms. The number of methoxy groups -OCH3 is 1. The summed E-state index contributed by atoms with van der Waals surface area (Å²) in [6.45, 7) is 6.64. The van der Waals surface area contributed by atoms with Gasteiger partial charge in [-0.2, -0.15) is 0 Å². The highest BCUT2D eigenvalue weighted by atomic mass is 16.5. The third kappa shape index (κ3) is 3.43. The highest BCUT2D eigenvalue weighted by Gasteiger charge is 2.35. The Bertz CT molecular complexity index is 230. The quantitative estimate of drug-likeness (QED) is 0.737. The van der Waals surface area contributed by atoms with Crippen LogP contribution in [-0.4, -0.2) is 49.3 Å². The predicted octanol–water partition coefficient (Wildman–Crippen LogP) is 2.02. The fourth-order valence-electron chi connectivity index (χ4n) is 3.20. The Kier molecular flexibility index (Phi) is 4.83. The van der Waals surface area contributed by atoms with E-state index in [-0.39, 0.29) is 0 Å². The molecule has 0 bridgehead atoms. The first-order chi connectivity index (χ1) is 8.26. The third-order valence-electron chi connectivity index (χ3n) is 4.32. The first-order valence-corrected chi connectivity index (χ1v) is 7.26. The second-order valence-corrected chi connectivity index (χ2v) is 5.73. The number of nitrogens with zero attached hydrogens (tertiary/aromatic N) is 1. The number of ether oxygens (including phenoxy) is 1. The van der Waals surface area contributed by atoms with E-state index in [0.717, 1.165) is 31.3 Å². The van der Waals surface area contributed by atoms with Crippen LogP contribution in [0.3, 0.4) is 0 Å². The summed E-state index contributed by atoms with van der Waals surface area (Å²) in [6.07, 6.45) is 6.72. The van der Waals surface area contributed by atoms with Crippen LogP contribution in [0.5, 0.6) is 0 Å². The van der Waals surface area contributed by atoms with Gasteiger partial charge in [0.15, 0.2) is 0 Å². The fraction of sp³-hybridized carbons (Fsp3) is 1.00. The zero-order chi connectivity index (χ0) is 12.3. The van der Waals surface area contributed by atoms with Crippen molar-refractivity contribution in [2.45, 2.75) is 70.1 Å². The molecule has 1 N–H and O–H groups in total. The number of nitrogens with one attached hydrogen (secondary N) is 1. The summed E-state index contributed by atoms with van der Waals surface area (Å²) >= 11 is 0. The topological polar surface area (TPSA) is 24.5 Å². The molecule has 2 aliphatic rings. The van der Waals surface area contributed by atoms with Crippen molar-refractivity contribution in [2.24, 2.45) is 0 Å². The van der Waals surface area contributed by atoms with Crippen LogP contribution in [0.2, 0.25) is 0 Å². The van der Waals surface area contributed by atoms with Gasteiger partial charge in [-0.25, -0.2) is 0 Å². The van der Waals surface area contributed by atoms with Crippen LogP contribution >= 0.6 is 0 Å². The minimum Gasteiger partial charge on any atom is -0.383 e. The van der Waals surface area contributed by atoms with Gasteiger partial charge in [0.05, 0.1) is 6.61 Å². The second-order valence-electron chi connectivity index (χ2n) is 5.73. The van der Waals surface area contributed by atoms with Gasteiger partial charge in [-0.15, -0.1) is 0 Å². The molecule has 2 fully saturated rings. The molecule has 3 nitrogen and oxygen atoms in total. The minimum absolute atomic E-state index is 0.558. The van der Waals surface area contributed by atoms with Gasteiger partial charge in [-0.3, -0.25) is 4.90 Å². The summed E-state index contributed by atoms with van der Waals surface area (Å²) in [5, 5.41) is 3.66. The normalized spacial score (nSPS) is 31.9. The predicted molar refractivity (Wildman–Crippen MR) is 71.3 cm³/mol. The maximum atomic E-state index is 5.43. The Morgan fingerprint density at radius 2 is 2.06 bits per heavy atom. The Morgan fingerprint density at radius 3 is 2.65 bits per heavy atom. The standard InChI is InChI=1S/C14H28N2O/c1-4-13-8-5-11(2)16(13)14(10-17-3)9-15-12-6-7-12/h11-15H,4-10H2,1-3H3. The van der Waals surface area contributed by atoms with Crippen LogP contribution < -0.4 is 5.32 Å². The van der Waals surface area contributed by atoms with Gasteiger partial charge in [0.25, 0.3) is 0 Å². The smallest absolute Gasteiger partial charge is 0.0630 e. The van der Waals surface area contributed by atoms with Gasteiger partial charge in [0, 0.05) is 37.8 Å². The molecule has 2 rings (SSSR count). The van der Waals surface area contributed by atoms with Gasteiger partial charge in [0.2, 0.25) is 0 Å². The van der Waals surface area contributed by atoms with Gasteiger partial charge in [-0.1, -0.05) is 6.92 Å². The first-order valence-electron chi connectivity index (χ1n) is 7.26. The maximum Gasteiger partial charge on any atom is 0.0630 e. The molecule has 1 saturated heterocycles. The van der Waals surface area contributed by atoms with Crippen molar-refractivity contribution in [3.63, 3.8) is 0 Å². The van der Waals surface area contributed by atoms with Crippen molar-refractivity contribution >= 4 is 0 Å². The highest BCUT2D eigenvalue weighted by molar-refractivity contribution is 4.92. The molecule has 3 unspecified atom stereocenters. The van der Waals surface area contributed by atoms with E-state index in [1.807, 2.05) is 7.11 Å². The summed E-state index contributed by atoms with van der Waals surface area (Å²) in [5.74, 6) is 0. The summed E-state index contributed by atoms with van der Waals surface area (Å²) in [6, 6.07) is 2.85. The average Bonchev–Trinajstić information content (AvgIpc) is 3.08. The molecule has 0 aromatic rings. The molecule has 1 aliphatic carbocycles. The molecule has 3 heteroatoms. The molecule has 0 amide bonds. The van der Waals surface area contributed by atoms with Crippen LogP contribution in [0, 0.1) is 0 Å². The monoisotopic (exact) mass is 240 g/mol. The van der Waals surface area contributed by atoms with E-state index in [0.29, 0.717) is 6.04 Å². The molecule has 3 atom stereocenters. The molecule has 100 valence electrons. The summed E-state index contributed by atoms with van der Waals surface area (Å²) in [5.41, 5.74) is 0. The molecule has 1 heterocycles. The van der Waals surface area contributed by atoms with Gasteiger partial charge < -0.3 is 10.1 Å². The fourth-order valence-corrected chi connectivity index (χ4v) is 3.20. The van der Waals surface area contributed by atoms with Gasteiger partial charge in [0.1, 0.15) is 0 Å². The molecule has 0 aromatic heterocycles. The molecule has 0 spiro atoms. The lowest BCUT2D eigenvalue weighted by Crippen LogP contribution is -2.50. The summed E-state index contributed by atoms with van der Waals surface area (Å²) < 4.78 is 5.43. The molecular weight excluding hydrogens is 212 g/mol. The van der Waals surface area contributed by atoms with Crippen LogP contribution in [0.4, 0.5) is 0 Å². The van der Waals surface area contributed by atoms with Gasteiger partial charge in [-0.05, 0) is 39.0 Å². The molecule has 1 saturated carbocycles. The SMILES string of the molecule is CCC1CCC(C)N1C(CNC1CC1)COC. The van der Waals surface area contributed by atoms with E-state index in [1.54, 1.807) is 0 Å². The van der Waals surface area contributed by atoms with Crippen molar-refractivity contribution in [2.75, 3.05) is 20.3 Å². The van der Waals surface area contributed by atoms with E-state index >= 15 is 0 Å². The largest absolute Gasteiger partial charge is 0.383 e. The van der Waals surface area contributed by atoms with Crippen molar-refractivity contribution in [3.8, 4) is 0 Å². The zero-order valence-electron chi connectivity index (χ0n) is 11.6. The Balaban J connectivity index is 1.91. The number of hydrogen-bond acceptors (Lipinski definition) is 3. The molecular formula is C14H28N2O. The van der Waals surface area contributed by atoms with Crippen molar-refractivity contribution in [1.82, 2.24) is 10.2 Å². The summed E-state index contributed by atoms with van der Waals surface area (Å²) in [4.78, 5) is 2.71. The van der Waals surface area contributed by atoms with Crippen LogP contribution in [0.15, 0.2) is 0 Å². The first kappa shape index (κ1) is 13.3. The van der Waals surface area contributed by atoms with Crippen LogP contribution in [0.1, 0.15) is 46.0 Å². The lowest BCUT2D eigenvalue weighted by molar-refractivity contribution is 0.0587. The molecule has 0 radical (unpaired) electrons. The average molecular weight is 240 g/mol. The Labute approximate surface area is 106 Å². The minimum atomic E-state index is 0.558. The Morgan fingerprint density at radius 1 is 1.29 bits per heavy atom. The Hall–Kier alpha value is -0.120. The zero-order valence-corrected chi connectivity index (χ0v) is 11.6. The van der Waals surface area contributed by atoms with E-state index in [2.05, 4.69) is 24.1 Å². The number of likely N-dealkylation sites (tertiary alicyclic amines) is 1. The van der Waals surface area contributed by atoms with Crippen molar-refractivity contribution < 1.29 is 4.74 Å². The molecule has 1 aliphatic heterocycles. The van der Waals surface area contributed by atoms with Crippen molar-refractivity contribution in [3.05, 3.63) is 0 Å². The third-order valence-corrected chi connectivity index (χ3v) is 4.32. The lowest BCUT2D eigenvalue weighted by Gasteiger charge is -2.36.